The third-order valence-corrected chi connectivity index (χ3v) is 3.48. The molecule has 0 N–H and O–H groups in total. The third kappa shape index (κ3) is 2.49. The number of nitrogens with zero attached hydrogens (tertiary/aromatic N) is 5. The number of fused-ring (bicyclic) bond motifs is 1. The molecule has 0 spiro atoms. The summed E-state index contributed by atoms with van der Waals surface area (Å²) in [7, 11) is 0. The number of carbonyl (C=O) groups excluding carboxylic acids is 1. The molecule has 1 aliphatic heterocycles. The Kier molecular flexibility index (Phi) is 3.60. The van der Waals surface area contributed by atoms with Gasteiger partial charge in [-0.15, -0.1) is 5.10 Å². The molecule has 0 radical (unpaired) electrons. The van der Waals surface area contributed by atoms with E-state index in [2.05, 4.69) is 22.4 Å². The van der Waals surface area contributed by atoms with Crippen LogP contribution < -0.4 is 0 Å². The first-order valence-electron chi connectivity index (χ1n) is 6.86. The lowest BCUT2D eigenvalue weighted by atomic mass is 10.1. The Hall–Kier alpha value is -2.02. The standard InChI is InChI=1S/C13H17N5O2/c1-2-3-11-9-17(6-7-20-11)13(19)10-4-5-12-14-15-16-18(12)8-10/h4-5,8,11H,2-3,6-7,9H2,1H3. The Bertz CT molecular complexity index is 610. The molecule has 1 unspecified atom stereocenters. The number of pyridine rings is 1. The molecule has 1 aliphatic rings. The molecule has 7 nitrogen and oxygen atoms in total. The molecule has 0 aliphatic carbocycles. The van der Waals surface area contributed by atoms with Crippen LogP contribution >= 0.6 is 0 Å². The van der Waals surface area contributed by atoms with Crippen molar-refractivity contribution in [2.45, 2.75) is 25.9 Å². The van der Waals surface area contributed by atoms with Crippen LogP contribution in [-0.2, 0) is 4.74 Å². The van der Waals surface area contributed by atoms with Gasteiger partial charge in [0.25, 0.3) is 5.91 Å². The summed E-state index contributed by atoms with van der Waals surface area (Å²) in [5.74, 6) is 0.00630. The van der Waals surface area contributed by atoms with Gasteiger partial charge in [-0.05, 0) is 29.0 Å². The van der Waals surface area contributed by atoms with Gasteiger partial charge in [-0.25, -0.2) is 0 Å². The molecular formula is C13H17N5O2. The van der Waals surface area contributed by atoms with E-state index in [-0.39, 0.29) is 12.0 Å². The first-order valence-corrected chi connectivity index (χ1v) is 6.86. The smallest absolute Gasteiger partial charge is 0.255 e. The fourth-order valence-corrected chi connectivity index (χ4v) is 2.45. The van der Waals surface area contributed by atoms with Crippen molar-refractivity contribution in [1.82, 2.24) is 24.9 Å². The first-order chi connectivity index (χ1) is 9.78. The predicted molar refractivity (Wildman–Crippen MR) is 71.3 cm³/mol. The van der Waals surface area contributed by atoms with Crippen molar-refractivity contribution in [3.8, 4) is 0 Å². The molecule has 2 aromatic heterocycles. The second-order valence-electron chi connectivity index (χ2n) is 4.93. The van der Waals surface area contributed by atoms with Crippen molar-refractivity contribution < 1.29 is 9.53 Å². The summed E-state index contributed by atoms with van der Waals surface area (Å²) in [5.41, 5.74) is 1.23. The van der Waals surface area contributed by atoms with Gasteiger partial charge in [-0.2, -0.15) is 4.52 Å². The van der Waals surface area contributed by atoms with Crippen LogP contribution in [0.3, 0.4) is 0 Å². The van der Waals surface area contributed by atoms with Crippen molar-refractivity contribution in [2.75, 3.05) is 19.7 Å². The van der Waals surface area contributed by atoms with Gasteiger partial charge in [-0.1, -0.05) is 13.3 Å². The van der Waals surface area contributed by atoms with E-state index in [0.29, 0.717) is 30.9 Å². The molecule has 3 heterocycles. The van der Waals surface area contributed by atoms with E-state index in [1.165, 1.54) is 4.52 Å². The number of hydrogen-bond donors (Lipinski definition) is 0. The molecule has 7 heteroatoms. The molecule has 2 aromatic rings. The number of aromatic nitrogens is 4. The first kappa shape index (κ1) is 13.0. The van der Waals surface area contributed by atoms with E-state index in [4.69, 9.17) is 4.74 Å². The summed E-state index contributed by atoms with van der Waals surface area (Å²) in [6.07, 6.45) is 3.86. The van der Waals surface area contributed by atoms with Crippen molar-refractivity contribution in [3.05, 3.63) is 23.9 Å². The van der Waals surface area contributed by atoms with Crippen LogP contribution in [0.5, 0.6) is 0 Å². The lowest BCUT2D eigenvalue weighted by molar-refractivity contribution is -0.0250. The van der Waals surface area contributed by atoms with Gasteiger partial charge < -0.3 is 9.64 Å². The van der Waals surface area contributed by atoms with Crippen LogP contribution in [0.1, 0.15) is 30.1 Å². The van der Waals surface area contributed by atoms with Crippen LogP contribution in [0.2, 0.25) is 0 Å². The Balaban J connectivity index is 1.77. The number of rotatable bonds is 3. The van der Waals surface area contributed by atoms with Gasteiger partial charge in [0.2, 0.25) is 0 Å². The SMILES string of the molecule is CCCC1CN(C(=O)c2ccc3nnnn3c2)CCO1. The van der Waals surface area contributed by atoms with E-state index in [1.54, 1.807) is 18.3 Å². The van der Waals surface area contributed by atoms with Crippen molar-refractivity contribution in [3.63, 3.8) is 0 Å². The summed E-state index contributed by atoms with van der Waals surface area (Å²) in [5, 5.41) is 11.2. The van der Waals surface area contributed by atoms with Gasteiger partial charge in [-0.3, -0.25) is 4.79 Å². The second-order valence-corrected chi connectivity index (χ2v) is 4.93. The highest BCUT2D eigenvalue weighted by Crippen LogP contribution is 2.14. The Morgan fingerprint density at radius 2 is 2.40 bits per heavy atom. The molecule has 0 bridgehead atoms. The Morgan fingerprint density at radius 3 is 3.25 bits per heavy atom. The maximum absolute atomic E-state index is 12.5. The van der Waals surface area contributed by atoms with Crippen molar-refractivity contribution in [1.29, 1.82) is 0 Å². The van der Waals surface area contributed by atoms with Gasteiger partial charge in [0.15, 0.2) is 5.65 Å². The van der Waals surface area contributed by atoms with E-state index in [1.807, 2.05) is 4.90 Å². The van der Waals surface area contributed by atoms with E-state index < -0.39 is 0 Å². The highest BCUT2D eigenvalue weighted by atomic mass is 16.5. The zero-order valence-corrected chi connectivity index (χ0v) is 11.4. The van der Waals surface area contributed by atoms with E-state index >= 15 is 0 Å². The molecule has 1 fully saturated rings. The predicted octanol–water partition coefficient (Wildman–Crippen LogP) is 0.765. The molecule has 1 atom stereocenters. The van der Waals surface area contributed by atoms with Crippen LogP contribution in [0, 0.1) is 0 Å². The van der Waals surface area contributed by atoms with Gasteiger partial charge >= 0.3 is 0 Å². The number of carbonyl (C=O) groups is 1. The average molecular weight is 275 g/mol. The minimum atomic E-state index is 0.00630. The zero-order valence-electron chi connectivity index (χ0n) is 11.4. The second kappa shape index (κ2) is 5.54. The number of ether oxygens (including phenoxy) is 1. The van der Waals surface area contributed by atoms with Crippen LogP contribution in [0.15, 0.2) is 18.3 Å². The average Bonchev–Trinajstić information content (AvgIpc) is 2.94. The van der Waals surface area contributed by atoms with Crippen LogP contribution in [0.4, 0.5) is 0 Å². The minimum absolute atomic E-state index is 0.00630. The fourth-order valence-electron chi connectivity index (χ4n) is 2.45. The fraction of sp³-hybridized carbons (Fsp3) is 0.538. The van der Waals surface area contributed by atoms with Gasteiger partial charge in [0.05, 0.1) is 18.3 Å². The van der Waals surface area contributed by atoms with Crippen LogP contribution in [0.25, 0.3) is 5.65 Å². The summed E-state index contributed by atoms with van der Waals surface area (Å²) >= 11 is 0. The third-order valence-electron chi connectivity index (χ3n) is 3.48. The summed E-state index contributed by atoms with van der Waals surface area (Å²) in [6.45, 7) is 4.01. The van der Waals surface area contributed by atoms with Crippen LogP contribution in [-0.4, -0.2) is 56.6 Å². The maximum atomic E-state index is 12.5. The topological polar surface area (TPSA) is 72.6 Å². The zero-order chi connectivity index (χ0) is 13.9. The summed E-state index contributed by atoms with van der Waals surface area (Å²) in [4.78, 5) is 14.3. The highest BCUT2D eigenvalue weighted by Gasteiger charge is 2.24. The minimum Gasteiger partial charge on any atom is -0.375 e. The number of hydrogen-bond acceptors (Lipinski definition) is 5. The van der Waals surface area contributed by atoms with E-state index in [0.717, 1.165) is 12.8 Å². The quantitative estimate of drug-likeness (QED) is 0.827. The Labute approximate surface area is 116 Å². The largest absolute Gasteiger partial charge is 0.375 e. The molecule has 106 valence electrons. The molecule has 1 saturated heterocycles. The number of tetrazole rings is 1. The molecule has 0 saturated carbocycles. The van der Waals surface area contributed by atoms with Crippen molar-refractivity contribution >= 4 is 11.6 Å². The van der Waals surface area contributed by atoms with E-state index in [9.17, 15) is 4.79 Å². The lowest BCUT2D eigenvalue weighted by Crippen LogP contribution is -2.45. The van der Waals surface area contributed by atoms with Crippen molar-refractivity contribution in [2.24, 2.45) is 0 Å². The normalized spacial score (nSPS) is 19.4. The monoisotopic (exact) mass is 275 g/mol. The maximum Gasteiger partial charge on any atom is 0.255 e. The molecule has 3 rings (SSSR count). The van der Waals surface area contributed by atoms with Gasteiger partial charge in [0.1, 0.15) is 0 Å². The molecular weight excluding hydrogens is 258 g/mol. The molecule has 1 amide bonds. The van der Waals surface area contributed by atoms with Gasteiger partial charge in [0, 0.05) is 19.3 Å². The molecule has 0 aromatic carbocycles. The lowest BCUT2D eigenvalue weighted by Gasteiger charge is -2.32. The summed E-state index contributed by atoms with van der Waals surface area (Å²) < 4.78 is 7.17. The number of morpholine rings is 1. The Morgan fingerprint density at radius 1 is 1.50 bits per heavy atom. The molecule has 20 heavy (non-hydrogen) atoms. The highest BCUT2D eigenvalue weighted by molar-refractivity contribution is 5.94. The summed E-state index contributed by atoms with van der Waals surface area (Å²) in [6, 6.07) is 3.51. The number of amides is 1.